The fourth-order valence-electron chi connectivity index (χ4n) is 2.29. The number of sulfone groups is 1. The average molecular weight is 295 g/mol. The molecule has 6 heteroatoms. The Morgan fingerprint density at radius 1 is 1.25 bits per heavy atom. The number of anilines is 1. The third kappa shape index (κ3) is 3.25. The molecular weight excluding hydrogens is 278 g/mol. The van der Waals surface area contributed by atoms with Crippen molar-refractivity contribution in [3.8, 4) is 0 Å². The summed E-state index contributed by atoms with van der Waals surface area (Å²) < 4.78 is 23.7. The highest BCUT2D eigenvalue weighted by Crippen LogP contribution is 2.21. The second kappa shape index (κ2) is 5.75. The monoisotopic (exact) mass is 295 g/mol. The summed E-state index contributed by atoms with van der Waals surface area (Å²) in [6, 6.07) is 6.49. The Bertz CT molecular complexity index is 636. The quantitative estimate of drug-likeness (QED) is 0.862. The molecule has 5 nitrogen and oxygen atoms in total. The zero-order valence-electron chi connectivity index (χ0n) is 11.3. The Hall–Kier alpha value is -1.69. The van der Waals surface area contributed by atoms with Gasteiger partial charge in [-0.05, 0) is 31.9 Å². The summed E-state index contributed by atoms with van der Waals surface area (Å²) >= 11 is 0. The molecule has 1 atom stereocenters. The molecule has 2 rings (SSSR count). The Morgan fingerprint density at radius 3 is 2.65 bits per heavy atom. The van der Waals surface area contributed by atoms with Gasteiger partial charge >= 0.3 is 0 Å². The van der Waals surface area contributed by atoms with E-state index in [0.717, 1.165) is 6.42 Å². The summed E-state index contributed by atoms with van der Waals surface area (Å²) in [5.74, 6) is -0.546. The van der Waals surface area contributed by atoms with E-state index in [2.05, 4.69) is 5.32 Å². The number of ketones is 1. The van der Waals surface area contributed by atoms with E-state index >= 15 is 0 Å². The Balaban J connectivity index is 2.15. The van der Waals surface area contributed by atoms with Gasteiger partial charge in [-0.2, -0.15) is 0 Å². The first-order valence-electron chi connectivity index (χ1n) is 6.53. The van der Waals surface area contributed by atoms with Crippen LogP contribution in [0.2, 0.25) is 0 Å². The molecule has 1 unspecified atom stereocenters. The van der Waals surface area contributed by atoms with Gasteiger partial charge in [-0.3, -0.25) is 9.59 Å². The standard InChI is InChI=1S/C14H17NO4S/c1-10(16)11-5-4-6-12(9-11)15-14(17)13-7-2-3-8-20(13,18)19/h4-6,9,13H,2-3,7-8H2,1H3,(H,15,17). The molecule has 1 aliphatic rings. The van der Waals surface area contributed by atoms with Crippen LogP contribution in [0.15, 0.2) is 24.3 Å². The number of nitrogens with one attached hydrogen (secondary N) is 1. The maximum absolute atomic E-state index is 12.1. The van der Waals surface area contributed by atoms with E-state index in [-0.39, 0.29) is 11.5 Å². The molecule has 0 spiro atoms. The van der Waals surface area contributed by atoms with Crippen LogP contribution in [-0.4, -0.2) is 31.1 Å². The first-order valence-corrected chi connectivity index (χ1v) is 8.25. The largest absolute Gasteiger partial charge is 0.325 e. The smallest absolute Gasteiger partial charge is 0.242 e. The van der Waals surface area contributed by atoms with Crippen LogP contribution in [0.25, 0.3) is 0 Å². The first kappa shape index (κ1) is 14.7. The zero-order valence-corrected chi connectivity index (χ0v) is 12.1. The maximum atomic E-state index is 12.1. The summed E-state index contributed by atoms with van der Waals surface area (Å²) in [5.41, 5.74) is 0.928. The third-order valence-electron chi connectivity index (χ3n) is 3.41. The van der Waals surface area contributed by atoms with E-state index in [1.807, 2.05) is 0 Å². The second-order valence-electron chi connectivity index (χ2n) is 4.98. The van der Waals surface area contributed by atoms with Crippen molar-refractivity contribution < 1.29 is 18.0 Å². The predicted molar refractivity (Wildman–Crippen MR) is 76.5 cm³/mol. The van der Waals surface area contributed by atoms with E-state index in [1.54, 1.807) is 24.3 Å². The van der Waals surface area contributed by atoms with Crippen LogP contribution in [0.1, 0.15) is 36.5 Å². The molecule has 1 aromatic rings. The van der Waals surface area contributed by atoms with Gasteiger partial charge in [-0.15, -0.1) is 0 Å². The fourth-order valence-corrected chi connectivity index (χ4v) is 4.09. The van der Waals surface area contributed by atoms with Crippen molar-refractivity contribution in [3.63, 3.8) is 0 Å². The number of benzene rings is 1. The van der Waals surface area contributed by atoms with Crippen LogP contribution in [0.4, 0.5) is 5.69 Å². The highest BCUT2D eigenvalue weighted by Gasteiger charge is 2.34. The highest BCUT2D eigenvalue weighted by molar-refractivity contribution is 7.92. The third-order valence-corrected chi connectivity index (χ3v) is 5.58. The minimum Gasteiger partial charge on any atom is -0.325 e. The highest BCUT2D eigenvalue weighted by atomic mass is 32.2. The zero-order chi connectivity index (χ0) is 14.8. The Morgan fingerprint density at radius 2 is 2.00 bits per heavy atom. The van der Waals surface area contributed by atoms with Gasteiger partial charge in [0.2, 0.25) is 5.91 Å². The minimum absolute atomic E-state index is 0.0680. The Labute approximate surface area is 118 Å². The lowest BCUT2D eigenvalue weighted by Gasteiger charge is -2.21. The second-order valence-corrected chi connectivity index (χ2v) is 7.28. The molecule has 108 valence electrons. The van der Waals surface area contributed by atoms with Crippen molar-refractivity contribution in [2.75, 3.05) is 11.1 Å². The molecule has 0 radical (unpaired) electrons. The van der Waals surface area contributed by atoms with Crippen molar-refractivity contribution in [1.82, 2.24) is 0 Å². The van der Waals surface area contributed by atoms with E-state index < -0.39 is 21.0 Å². The number of hydrogen-bond acceptors (Lipinski definition) is 4. The molecule has 1 heterocycles. The van der Waals surface area contributed by atoms with Gasteiger partial charge in [-0.1, -0.05) is 18.6 Å². The topological polar surface area (TPSA) is 80.3 Å². The van der Waals surface area contributed by atoms with Crippen LogP contribution in [0, 0.1) is 0 Å². The number of hydrogen-bond donors (Lipinski definition) is 1. The van der Waals surface area contributed by atoms with Crippen LogP contribution in [-0.2, 0) is 14.6 Å². The van der Waals surface area contributed by atoms with Crippen molar-refractivity contribution in [3.05, 3.63) is 29.8 Å². The SMILES string of the molecule is CC(=O)c1cccc(NC(=O)C2CCCCS2(=O)=O)c1. The van der Waals surface area contributed by atoms with E-state index in [1.165, 1.54) is 6.92 Å². The molecule has 0 aromatic heterocycles. The van der Waals surface area contributed by atoms with Crippen LogP contribution in [0.3, 0.4) is 0 Å². The van der Waals surface area contributed by atoms with Crippen LogP contribution < -0.4 is 5.32 Å². The van der Waals surface area contributed by atoms with E-state index in [0.29, 0.717) is 24.1 Å². The molecule has 1 N–H and O–H groups in total. The minimum atomic E-state index is -3.35. The molecule has 0 aliphatic carbocycles. The molecule has 20 heavy (non-hydrogen) atoms. The summed E-state index contributed by atoms with van der Waals surface area (Å²) in [4.78, 5) is 23.4. The molecule has 1 amide bonds. The molecule has 1 saturated heterocycles. The average Bonchev–Trinajstić information content (AvgIpc) is 2.38. The van der Waals surface area contributed by atoms with Gasteiger partial charge in [0.05, 0.1) is 5.75 Å². The normalized spacial score (nSPS) is 21.1. The Kier molecular flexibility index (Phi) is 4.23. The van der Waals surface area contributed by atoms with E-state index in [4.69, 9.17) is 0 Å². The summed E-state index contributed by atoms with van der Waals surface area (Å²) in [5, 5.41) is 1.62. The number of carbonyl (C=O) groups is 2. The summed E-state index contributed by atoms with van der Waals surface area (Å²) in [6.45, 7) is 1.44. The summed E-state index contributed by atoms with van der Waals surface area (Å²) in [6.07, 6.45) is 1.72. The van der Waals surface area contributed by atoms with Crippen molar-refractivity contribution >= 4 is 27.2 Å². The lowest BCUT2D eigenvalue weighted by Crippen LogP contribution is -2.39. The van der Waals surface area contributed by atoms with Gasteiger partial charge in [-0.25, -0.2) is 8.42 Å². The van der Waals surface area contributed by atoms with Crippen LogP contribution in [0.5, 0.6) is 0 Å². The summed E-state index contributed by atoms with van der Waals surface area (Å²) in [7, 11) is -3.35. The molecule has 0 bridgehead atoms. The van der Waals surface area contributed by atoms with Crippen molar-refractivity contribution in [2.45, 2.75) is 31.4 Å². The number of carbonyl (C=O) groups excluding carboxylic acids is 2. The van der Waals surface area contributed by atoms with Crippen LogP contribution >= 0.6 is 0 Å². The number of amides is 1. The molecule has 1 aliphatic heterocycles. The van der Waals surface area contributed by atoms with Gasteiger partial charge < -0.3 is 5.32 Å². The van der Waals surface area contributed by atoms with Gasteiger partial charge in [0.15, 0.2) is 15.6 Å². The van der Waals surface area contributed by atoms with Gasteiger partial charge in [0, 0.05) is 11.3 Å². The molecule has 1 fully saturated rings. The maximum Gasteiger partial charge on any atom is 0.242 e. The predicted octanol–water partition coefficient (Wildman–Crippen LogP) is 1.79. The molecular formula is C14H17NO4S. The molecule has 1 aromatic carbocycles. The number of rotatable bonds is 3. The van der Waals surface area contributed by atoms with Crippen molar-refractivity contribution in [1.29, 1.82) is 0 Å². The van der Waals surface area contributed by atoms with Gasteiger partial charge in [0.25, 0.3) is 0 Å². The van der Waals surface area contributed by atoms with E-state index in [9.17, 15) is 18.0 Å². The fraction of sp³-hybridized carbons (Fsp3) is 0.429. The lowest BCUT2D eigenvalue weighted by atomic mass is 10.1. The first-order chi connectivity index (χ1) is 9.40. The van der Waals surface area contributed by atoms with Gasteiger partial charge in [0.1, 0.15) is 5.25 Å². The molecule has 0 saturated carbocycles. The lowest BCUT2D eigenvalue weighted by molar-refractivity contribution is -0.116. The van der Waals surface area contributed by atoms with Crippen molar-refractivity contribution in [2.24, 2.45) is 0 Å². The number of Topliss-reactive ketones (excluding diaryl/α,β-unsaturated/α-hetero) is 1.